The van der Waals surface area contributed by atoms with Crippen LogP contribution in [0.25, 0.3) is 0 Å². The predicted octanol–water partition coefficient (Wildman–Crippen LogP) is 1.85. The van der Waals surface area contributed by atoms with Gasteiger partial charge in [0.05, 0.1) is 0 Å². The van der Waals surface area contributed by atoms with E-state index in [1.165, 1.54) is 0 Å². The van der Waals surface area contributed by atoms with Gasteiger partial charge in [0.2, 0.25) is 11.9 Å². The van der Waals surface area contributed by atoms with Crippen LogP contribution in [0.1, 0.15) is 25.1 Å². The van der Waals surface area contributed by atoms with Crippen LogP contribution in [0.5, 0.6) is 0 Å². The van der Waals surface area contributed by atoms with E-state index in [4.69, 9.17) is 5.21 Å². The molecule has 1 heterocycles. The third-order valence-electron chi connectivity index (χ3n) is 1.49. The summed E-state index contributed by atoms with van der Waals surface area (Å²) in [4.78, 5) is 0. The summed E-state index contributed by atoms with van der Waals surface area (Å²) in [6, 6.07) is 3.77. The molecule has 0 saturated carbocycles. The molecule has 0 radical (unpaired) electrons. The second-order valence-electron chi connectivity index (χ2n) is 2.12. The van der Waals surface area contributed by atoms with Crippen LogP contribution in [0.15, 0.2) is 18.3 Å². The van der Waals surface area contributed by atoms with Gasteiger partial charge < -0.3 is 0 Å². The summed E-state index contributed by atoms with van der Waals surface area (Å²) in [5.74, 6) is 0. The van der Waals surface area contributed by atoms with Crippen molar-refractivity contribution in [2.75, 3.05) is 0 Å². The molecule has 1 aromatic heterocycles. The minimum Gasteiger partial charge on any atom is -0.285 e. The molecule has 2 nitrogen and oxygen atoms in total. The number of aromatic nitrogens is 1. The molecule has 1 N–H and O–H groups in total. The van der Waals surface area contributed by atoms with E-state index in [0.717, 1.165) is 16.0 Å². The zero-order chi connectivity index (χ0) is 8.85. The summed E-state index contributed by atoms with van der Waals surface area (Å²) in [5.41, 5.74) is 1.98. The molecule has 0 amide bonds. The number of aryl methyl sites for hydroxylation is 1. The van der Waals surface area contributed by atoms with Crippen LogP contribution in [-0.4, -0.2) is 5.21 Å². The molecule has 0 aliphatic rings. The molecule has 0 bridgehead atoms. The Morgan fingerprint density at radius 3 is 2.18 bits per heavy atom. The number of nitrogens with zero attached hydrogens (tertiary/aromatic N) is 1. The topological polar surface area (TPSA) is 24.1 Å². The monoisotopic (exact) mass is 154 g/mol. The lowest BCUT2D eigenvalue weighted by Gasteiger charge is -1.90. The summed E-state index contributed by atoms with van der Waals surface area (Å²) >= 11 is 0. The lowest BCUT2D eigenvalue weighted by Crippen LogP contribution is -2.33. The molecule has 1 aromatic rings. The second kappa shape index (κ2) is 4.72. The Morgan fingerprint density at radius 2 is 1.82 bits per heavy atom. The Balaban J connectivity index is 0.000000461. The Kier molecular flexibility index (Phi) is 4.27. The summed E-state index contributed by atoms with van der Waals surface area (Å²) in [6.45, 7) is 7.83. The van der Waals surface area contributed by atoms with E-state index in [9.17, 15) is 0 Å². The fraction of sp³-hybridized carbons (Fsp3) is 0.444. The minimum atomic E-state index is 0.887. The number of pyridine rings is 1. The van der Waals surface area contributed by atoms with Gasteiger partial charge in [-0.05, 0) is 13.0 Å². The fourth-order valence-electron chi connectivity index (χ4n) is 0.682. The highest BCUT2D eigenvalue weighted by Gasteiger charge is 2.03. The molecule has 0 aliphatic carbocycles. The first-order chi connectivity index (χ1) is 5.22. The van der Waals surface area contributed by atoms with Crippen molar-refractivity contribution in [2.45, 2.75) is 27.7 Å². The zero-order valence-electron chi connectivity index (χ0n) is 7.63. The summed E-state index contributed by atoms with van der Waals surface area (Å²) in [5, 5.41) is 9.02. The predicted molar refractivity (Wildman–Crippen MR) is 44.6 cm³/mol. The molecule has 1 rings (SSSR count). The van der Waals surface area contributed by atoms with Gasteiger partial charge in [0, 0.05) is 23.3 Å². The van der Waals surface area contributed by atoms with Crippen LogP contribution < -0.4 is 4.73 Å². The Bertz CT molecular complexity index is 201. The van der Waals surface area contributed by atoms with Crippen molar-refractivity contribution in [1.29, 1.82) is 0 Å². The normalized spacial score (nSPS) is 8.36. The van der Waals surface area contributed by atoms with Crippen LogP contribution in [-0.2, 0) is 0 Å². The van der Waals surface area contributed by atoms with E-state index < -0.39 is 0 Å². The van der Waals surface area contributed by atoms with Gasteiger partial charge in [0.1, 0.15) is 0 Å². The van der Waals surface area contributed by atoms with Crippen molar-refractivity contribution in [2.24, 2.45) is 0 Å². The smallest absolute Gasteiger partial charge is 0.233 e. The van der Waals surface area contributed by atoms with Crippen molar-refractivity contribution < 1.29 is 9.94 Å². The lowest BCUT2D eigenvalue weighted by molar-refractivity contribution is -0.909. The van der Waals surface area contributed by atoms with Crippen molar-refractivity contribution in [1.82, 2.24) is 0 Å². The van der Waals surface area contributed by atoms with Crippen molar-refractivity contribution in [3.63, 3.8) is 0 Å². The number of hydrogen-bond donors (Lipinski definition) is 1. The molecule has 0 spiro atoms. The van der Waals surface area contributed by atoms with Gasteiger partial charge in [0.15, 0.2) is 0 Å². The van der Waals surface area contributed by atoms with Gasteiger partial charge in [-0.2, -0.15) is 0 Å². The van der Waals surface area contributed by atoms with Crippen LogP contribution >= 0.6 is 0 Å². The first kappa shape index (κ1) is 9.95. The minimum absolute atomic E-state index is 0.887. The van der Waals surface area contributed by atoms with Crippen LogP contribution in [0.2, 0.25) is 0 Å². The molecular weight excluding hydrogens is 138 g/mol. The third kappa shape index (κ3) is 2.58. The molecule has 0 aliphatic heterocycles. The first-order valence-corrected chi connectivity index (χ1v) is 3.89. The molecule has 0 aromatic carbocycles. The number of rotatable bonds is 0. The van der Waals surface area contributed by atoms with Crippen LogP contribution in [0.3, 0.4) is 0 Å². The molecule has 11 heavy (non-hydrogen) atoms. The number of hydrogen-bond acceptors (Lipinski definition) is 1. The molecule has 0 fully saturated rings. The van der Waals surface area contributed by atoms with E-state index in [-0.39, 0.29) is 0 Å². The van der Waals surface area contributed by atoms with Crippen molar-refractivity contribution in [3.05, 3.63) is 29.6 Å². The van der Waals surface area contributed by atoms with E-state index in [1.807, 2.05) is 39.8 Å². The van der Waals surface area contributed by atoms with Gasteiger partial charge in [-0.3, -0.25) is 5.21 Å². The Labute approximate surface area is 68.1 Å². The largest absolute Gasteiger partial charge is 0.285 e. The molecular formula is C9H16NO+. The summed E-state index contributed by atoms with van der Waals surface area (Å²) in [7, 11) is 0. The quantitative estimate of drug-likeness (QED) is 0.447. The van der Waals surface area contributed by atoms with E-state index >= 15 is 0 Å². The van der Waals surface area contributed by atoms with Crippen LogP contribution in [0.4, 0.5) is 0 Å². The lowest BCUT2D eigenvalue weighted by atomic mass is 10.2. The first-order valence-electron chi connectivity index (χ1n) is 3.89. The maximum atomic E-state index is 9.02. The summed E-state index contributed by atoms with van der Waals surface area (Å²) in [6.07, 6.45) is 1.61. The van der Waals surface area contributed by atoms with Crippen molar-refractivity contribution >= 4 is 0 Å². The maximum Gasteiger partial charge on any atom is 0.233 e. The van der Waals surface area contributed by atoms with Crippen molar-refractivity contribution in [3.8, 4) is 0 Å². The average Bonchev–Trinajstić information content (AvgIpc) is 2.04. The van der Waals surface area contributed by atoms with Gasteiger partial charge >= 0.3 is 0 Å². The van der Waals surface area contributed by atoms with E-state index in [1.54, 1.807) is 6.20 Å². The van der Waals surface area contributed by atoms with Gasteiger partial charge in [-0.1, -0.05) is 13.8 Å². The van der Waals surface area contributed by atoms with Crippen LogP contribution in [0, 0.1) is 13.8 Å². The second-order valence-corrected chi connectivity index (χ2v) is 2.12. The van der Waals surface area contributed by atoms with Gasteiger partial charge in [-0.25, -0.2) is 0 Å². The molecule has 0 atom stereocenters. The van der Waals surface area contributed by atoms with E-state index in [0.29, 0.717) is 0 Å². The standard InChI is InChI=1S/C7H10NO.C2H6/c1-6-4-3-5-8(9)7(6)2;1-2/h3-5,9H,1-2H3;1-2H3/q+1;. The average molecular weight is 154 g/mol. The van der Waals surface area contributed by atoms with Gasteiger partial charge in [0.25, 0.3) is 0 Å². The molecule has 0 saturated heterocycles. The zero-order valence-corrected chi connectivity index (χ0v) is 7.63. The third-order valence-corrected chi connectivity index (χ3v) is 1.49. The highest BCUT2D eigenvalue weighted by Crippen LogP contribution is 1.96. The Hall–Kier alpha value is -1.05. The molecule has 2 heteroatoms. The highest BCUT2D eigenvalue weighted by atomic mass is 16.5. The Morgan fingerprint density at radius 1 is 1.27 bits per heavy atom. The van der Waals surface area contributed by atoms with E-state index in [2.05, 4.69) is 0 Å². The maximum absolute atomic E-state index is 9.02. The summed E-state index contributed by atoms with van der Waals surface area (Å²) < 4.78 is 1.12. The highest BCUT2D eigenvalue weighted by molar-refractivity contribution is 5.10. The molecule has 0 unspecified atom stereocenters. The fourth-order valence-corrected chi connectivity index (χ4v) is 0.682. The van der Waals surface area contributed by atoms with Gasteiger partial charge in [-0.15, -0.1) is 0 Å². The SMILES string of the molecule is CC.Cc1ccc[n+](O)c1C. The molecule has 62 valence electrons.